The zero-order valence-corrected chi connectivity index (χ0v) is 19.0. The fourth-order valence-corrected chi connectivity index (χ4v) is 4.55. The molecule has 1 aromatic heterocycles. The van der Waals surface area contributed by atoms with Crippen molar-refractivity contribution < 1.29 is 4.74 Å². The SMILES string of the molecule is CN=C(NCc1cccc(CN2CCCCCC2)c1)N1CCOC(c2cnn(C)c2)C1. The molecule has 7 heteroatoms. The second-order valence-corrected chi connectivity index (χ2v) is 8.66. The molecule has 0 amide bonds. The Balaban J connectivity index is 1.33. The average molecular weight is 425 g/mol. The zero-order chi connectivity index (χ0) is 21.5. The van der Waals surface area contributed by atoms with Crippen molar-refractivity contribution in [2.24, 2.45) is 12.0 Å². The van der Waals surface area contributed by atoms with E-state index in [9.17, 15) is 0 Å². The van der Waals surface area contributed by atoms with Gasteiger partial charge >= 0.3 is 0 Å². The molecule has 0 spiro atoms. The summed E-state index contributed by atoms with van der Waals surface area (Å²) >= 11 is 0. The fraction of sp³-hybridized carbons (Fsp3) is 0.583. The maximum absolute atomic E-state index is 5.98. The van der Waals surface area contributed by atoms with Gasteiger partial charge in [-0.1, -0.05) is 37.1 Å². The van der Waals surface area contributed by atoms with Crippen LogP contribution in [-0.2, 0) is 24.9 Å². The quantitative estimate of drug-likeness (QED) is 0.591. The summed E-state index contributed by atoms with van der Waals surface area (Å²) in [7, 11) is 3.79. The number of guanidine groups is 1. The van der Waals surface area contributed by atoms with Crippen molar-refractivity contribution in [1.29, 1.82) is 0 Å². The smallest absolute Gasteiger partial charge is 0.194 e. The maximum atomic E-state index is 5.98. The number of nitrogens with one attached hydrogen (secondary N) is 1. The number of aryl methyl sites for hydroxylation is 1. The van der Waals surface area contributed by atoms with Crippen molar-refractivity contribution in [2.75, 3.05) is 39.8 Å². The molecule has 3 heterocycles. The van der Waals surface area contributed by atoms with Crippen LogP contribution in [0.2, 0.25) is 0 Å². The number of aliphatic imine (C=N–C) groups is 1. The van der Waals surface area contributed by atoms with Crippen LogP contribution in [0.5, 0.6) is 0 Å². The lowest BCUT2D eigenvalue weighted by Crippen LogP contribution is -2.47. The summed E-state index contributed by atoms with van der Waals surface area (Å²) in [4.78, 5) is 9.42. The molecule has 7 nitrogen and oxygen atoms in total. The molecule has 2 saturated heterocycles. The van der Waals surface area contributed by atoms with Gasteiger partial charge in [-0.25, -0.2) is 0 Å². The topological polar surface area (TPSA) is 57.9 Å². The van der Waals surface area contributed by atoms with E-state index in [1.165, 1.54) is 49.9 Å². The molecular formula is C24H36N6O. The highest BCUT2D eigenvalue weighted by atomic mass is 16.5. The minimum absolute atomic E-state index is 0.0259. The van der Waals surface area contributed by atoms with E-state index in [0.717, 1.165) is 37.7 Å². The Morgan fingerprint density at radius 2 is 1.97 bits per heavy atom. The Bertz CT molecular complexity index is 855. The van der Waals surface area contributed by atoms with Gasteiger partial charge < -0.3 is 15.0 Å². The molecule has 31 heavy (non-hydrogen) atoms. The number of hydrogen-bond acceptors (Lipinski definition) is 4. The van der Waals surface area contributed by atoms with E-state index in [0.29, 0.717) is 6.61 Å². The molecule has 1 atom stereocenters. The molecule has 1 unspecified atom stereocenters. The van der Waals surface area contributed by atoms with Crippen LogP contribution >= 0.6 is 0 Å². The summed E-state index contributed by atoms with van der Waals surface area (Å²) in [6, 6.07) is 8.97. The summed E-state index contributed by atoms with van der Waals surface area (Å²) in [6.45, 7) is 6.58. The zero-order valence-electron chi connectivity index (χ0n) is 19.0. The van der Waals surface area contributed by atoms with Crippen LogP contribution in [0.25, 0.3) is 0 Å². The van der Waals surface area contributed by atoms with Gasteiger partial charge in [-0.3, -0.25) is 14.6 Å². The van der Waals surface area contributed by atoms with E-state index in [1.54, 1.807) is 0 Å². The molecule has 0 saturated carbocycles. The van der Waals surface area contributed by atoms with Crippen LogP contribution in [0.3, 0.4) is 0 Å². The third kappa shape index (κ3) is 6.08. The second-order valence-electron chi connectivity index (χ2n) is 8.66. The molecule has 0 bridgehead atoms. The van der Waals surface area contributed by atoms with Crippen molar-refractivity contribution in [3.63, 3.8) is 0 Å². The standard InChI is InChI=1S/C24H36N6O/c1-25-24(30-12-13-31-23(19-30)22-16-27-28(2)18-22)26-15-20-8-7-9-21(14-20)17-29-10-5-3-4-6-11-29/h7-9,14,16,18,23H,3-6,10-13,15,17,19H2,1-2H3,(H,25,26). The average Bonchev–Trinajstić information content (AvgIpc) is 3.07. The van der Waals surface area contributed by atoms with Crippen LogP contribution in [0.15, 0.2) is 41.7 Å². The van der Waals surface area contributed by atoms with Crippen molar-refractivity contribution >= 4 is 5.96 Å². The predicted molar refractivity (Wildman–Crippen MR) is 124 cm³/mol. The van der Waals surface area contributed by atoms with Crippen molar-refractivity contribution in [2.45, 2.75) is 44.9 Å². The highest BCUT2D eigenvalue weighted by Crippen LogP contribution is 2.21. The summed E-state index contributed by atoms with van der Waals surface area (Å²) in [6.07, 6.45) is 9.36. The van der Waals surface area contributed by atoms with E-state index < -0.39 is 0 Å². The number of rotatable bonds is 5. The predicted octanol–water partition coefficient (Wildman–Crippen LogP) is 2.95. The summed E-state index contributed by atoms with van der Waals surface area (Å²) < 4.78 is 7.80. The third-order valence-electron chi connectivity index (χ3n) is 6.22. The normalized spacial score (nSPS) is 21.2. The molecule has 4 rings (SSSR count). The molecule has 2 aromatic rings. The molecule has 2 fully saturated rings. The Morgan fingerprint density at radius 3 is 2.71 bits per heavy atom. The number of morpholine rings is 1. The van der Waals surface area contributed by atoms with Gasteiger partial charge in [0.15, 0.2) is 5.96 Å². The number of likely N-dealkylation sites (tertiary alicyclic amines) is 1. The number of aromatic nitrogens is 2. The van der Waals surface area contributed by atoms with Gasteiger partial charge in [-0.05, 0) is 37.1 Å². The molecule has 168 valence electrons. The van der Waals surface area contributed by atoms with E-state index in [2.05, 4.69) is 49.5 Å². The minimum atomic E-state index is 0.0259. The Kier molecular flexibility index (Phi) is 7.59. The van der Waals surface area contributed by atoms with Gasteiger partial charge in [-0.15, -0.1) is 0 Å². The fourth-order valence-electron chi connectivity index (χ4n) is 4.55. The maximum Gasteiger partial charge on any atom is 0.194 e. The summed E-state index contributed by atoms with van der Waals surface area (Å²) in [5.74, 6) is 0.926. The molecule has 0 radical (unpaired) electrons. The van der Waals surface area contributed by atoms with Gasteiger partial charge in [0.2, 0.25) is 0 Å². The minimum Gasteiger partial charge on any atom is -0.370 e. The highest BCUT2D eigenvalue weighted by Gasteiger charge is 2.25. The number of benzene rings is 1. The Morgan fingerprint density at radius 1 is 1.16 bits per heavy atom. The first-order valence-corrected chi connectivity index (χ1v) is 11.6. The van der Waals surface area contributed by atoms with Crippen LogP contribution in [0.1, 0.15) is 48.5 Å². The first-order valence-electron chi connectivity index (χ1n) is 11.6. The van der Waals surface area contributed by atoms with Gasteiger partial charge in [0.05, 0.1) is 19.3 Å². The van der Waals surface area contributed by atoms with Crippen LogP contribution in [0, 0.1) is 0 Å². The van der Waals surface area contributed by atoms with E-state index in [1.807, 2.05) is 31.2 Å². The van der Waals surface area contributed by atoms with Crippen LogP contribution < -0.4 is 5.32 Å². The molecule has 0 aliphatic carbocycles. The molecule has 2 aliphatic rings. The third-order valence-corrected chi connectivity index (χ3v) is 6.22. The largest absolute Gasteiger partial charge is 0.370 e. The van der Waals surface area contributed by atoms with Gasteiger partial charge in [0, 0.05) is 45.5 Å². The van der Waals surface area contributed by atoms with Gasteiger partial charge in [-0.2, -0.15) is 5.10 Å². The lowest BCUT2D eigenvalue weighted by Gasteiger charge is -2.34. The molecule has 1 aromatic carbocycles. The van der Waals surface area contributed by atoms with E-state index in [4.69, 9.17) is 4.74 Å². The summed E-state index contributed by atoms with van der Waals surface area (Å²) in [5, 5.41) is 7.84. The first kappa shape index (κ1) is 21.8. The summed E-state index contributed by atoms with van der Waals surface area (Å²) in [5.41, 5.74) is 3.81. The van der Waals surface area contributed by atoms with Crippen molar-refractivity contribution in [3.05, 3.63) is 53.3 Å². The van der Waals surface area contributed by atoms with Crippen LogP contribution in [0.4, 0.5) is 0 Å². The Labute approximate surface area is 186 Å². The first-order chi connectivity index (χ1) is 15.2. The molecule has 2 aliphatic heterocycles. The lowest BCUT2D eigenvalue weighted by atomic mass is 10.1. The number of ether oxygens (including phenoxy) is 1. The van der Waals surface area contributed by atoms with E-state index >= 15 is 0 Å². The van der Waals surface area contributed by atoms with Crippen LogP contribution in [-0.4, -0.2) is 65.4 Å². The Hall–Kier alpha value is -2.38. The van der Waals surface area contributed by atoms with Gasteiger partial charge in [0.1, 0.15) is 6.10 Å². The van der Waals surface area contributed by atoms with Crippen molar-refractivity contribution in [1.82, 2.24) is 24.9 Å². The van der Waals surface area contributed by atoms with Crippen molar-refractivity contribution in [3.8, 4) is 0 Å². The lowest BCUT2D eigenvalue weighted by molar-refractivity contribution is -0.00805. The highest BCUT2D eigenvalue weighted by molar-refractivity contribution is 5.80. The van der Waals surface area contributed by atoms with E-state index in [-0.39, 0.29) is 6.10 Å². The molecule has 1 N–H and O–H groups in total. The number of nitrogens with zero attached hydrogens (tertiary/aromatic N) is 5. The van der Waals surface area contributed by atoms with Gasteiger partial charge in [0.25, 0.3) is 0 Å². The number of hydrogen-bond donors (Lipinski definition) is 1. The second kappa shape index (κ2) is 10.8. The molecular weight excluding hydrogens is 388 g/mol. The monoisotopic (exact) mass is 424 g/mol.